The van der Waals surface area contributed by atoms with Crippen molar-refractivity contribution in [3.05, 3.63) is 29.3 Å². The van der Waals surface area contributed by atoms with Crippen LogP contribution >= 0.6 is 0 Å². The van der Waals surface area contributed by atoms with Gasteiger partial charge in [0.2, 0.25) is 0 Å². The summed E-state index contributed by atoms with van der Waals surface area (Å²) in [5.41, 5.74) is 3.90. The zero-order chi connectivity index (χ0) is 9.97. The molecule has 0 unspecified atom stereocenters. The third-order valence-electron chi connectivity index (χ3n) is 3.03. The SMILES string of the molecule is CCCc1ccc2c(c1)B(O)CCC2. The van der Waals surface area contributed by atoms with Crippen LogP contribution < -0.4 is 5.46 Å². The summed E-state index contributed by atoms with van der Waals surface area (Å²) >= 11 is 0. The van der Waals surface area contributed by atoms with Crippen molar-refractivity contribution < 1.29 is 5.02 Å². The fourth-order valence-corrected chi connectivity index (χ4v) is 2.27. The Labute approximate surface area is 86.3 Å². The summed E-state index contributed by atoms with van der Waals surface area (Å²) in [5, 5.41) is 9.85. The van der Waals surface area contributed by atoms with Crippen LogP contribution in [0.2, 0.25) is 6.32 Å². The number of hydrogen-bond acceptors (Lipinski definition) is 1. The van der Waals surface area contributed by atoms with E-state index in [2.05, 4.69) is 25.1 Å². The summed E-state index contributed by atoms with van der Waals surface area (Å²) in [4.78, 5) is 0. The van der Waals surface area contributed by atoms with Gasteiger partial charge in [0.1, 0.15) is 0 Å². The zero-order valence-corrected chi connectivity index (χ0v) is 8.79. The molecular weight excluding hydrogens is 171 g/mol. The van der Waals surface area contributed by atoms with E-state index < -0.39 is 0 Å². The van der Waals surface area contributed by atoms with Crippen LogP contribution in [0, 0.1) is 0 Å². The molecule has 0 amide bonds. The van der Waals surface area contributed by atoms with Crippen LogP contribution in [0.25, 0.3) is 0 Å². The van der Waals surface area contributed by atoms with E-state index in [9.17, 15) is 5.02 Å². The lowest BCUT2D eigenvalue weighted by atomic mass is 9.53. The molecule has 0 aromatic heterocycles. The molecule has 1 aliphatic heterocycles. The quantitative estimate of drug-likeness (QED) is 0.701. The number of fused-ring (bicyclic) bond motifs is 1. The highest BCUT2D eigenvalue weighted by Gasteiger charge is 2.21. The average molecular weight is 188 g/mol. The van der Waals surface area contributed by atoms with Crippen molar-refractivity contribution in [1.29, 1.82) is 0 Å². The summed E-state index contributed by atoms with van der Waals surface area (Å²) in [6, 6.07) is 6.60. The van der Waals surface area contributed by atoms with Gasteiger partial charge in [-0.15, -0.1) is 0 Å². The van der Waals surface area contributed by atoms with E-state index in [-0.39, 0.29) is 6.92 Å². The Morgan fingerprint density at radius 3 is 3.07 bits per heavy atom. The molecule has 0 spiro atoms. The predicted molar refractivity (Wildman–Crippen MR) is 61.2 cm³/mol. The van der Waals surface area contributed by atoms with E-state index in [1.807, 2.05) is 0 Å². The minimum atomic E-state index is -0.212. The third kappa shape index (κ3) is 1.85. The largest absolute Gasteiger partial charge is 0.446 e. The van der Waals surface area contributed by atoms with E-state index in [4.69, 9.17) is 0 Å². The van der Waals surface area contributed by atoms with Crippen LogP contribution in [-0.4, -0.2) is 11.9 Å². The molecule has 1 aliphatic rings. The smallest absolute Gasteiger partial charge is 0.323 e. The Bertz CT molecular complexity index is 322. The van der Waals surface area contributed by atoms with Crippen LogP contribution in [0.4, 0.5) is 0 Å². The third-order valence-corrected chi connectivity index (χ3v) is 3.03. The van der Waals surface area contributed by atoms with Crippen molar-refractivity contribution in [1.82, 2.24) is 0 Å². The van der Waals surface area contributed by atoms with Gasteiger partial charge in [0, 0.05) is 0 Å². The van der Waals surface area contributed by atoms with Gasteiger partial charge in [-0.3, -0.25) is 0 Å². The minimum absolute atomic E-state index is 0.212. The molecule has 1 heterocycles. The van der Waals surface area contributed by atoms with Crippen LogP contribution in [0.5, 0.6) is 0 Å². The Hall–Kier alpha value is -0.755. The summed E-state index contributed by atoms with van der Waals surface area (Å²) in [7, 11) is 0. The molecule has 2 heteroatoms. The highest BCUT2D eigenvalue weighted by atomic mass is 16.2. The van der Waals surface area contributed by atoms with Crippen LogP contribution in [0.3, 0.4) is 0 Å². The Morgan fingerprint density at radius 2 is 2.29 bits per heavy atom. The number of hydrogen-bond donors (Lipinski definition) is 1. The summed E-state index contributed by atoms with van der Waals surface area (Å²) in [6.45, 7) is 1.98. The molecule has 2 rings (SSSR count). The molecule has 0 fully saturated rings. The molecule has 1 aromatic rings. The van der Waals surface area contributed by atoms with Crippen molar-refractivity contribution in [2.45, 2.75) is 38.9 Å². The van der Waals surface area contributed by atoms with Crippen LogP contribution in [0.1, 0.15) is 30.9 Å². The van der Waals surface area contributed by atoms with Gasteiger partial charge >= 0.3 is 6.92 Å². The monoisotopic (exact) mass is 188 g/mol. The van der Waals surface area contributed by atoms with Gasteiger partial charge in [-0.1, -0.05) is 43.5 Å². The number of rotatable bonds is 2. The molecule has 0 atom stereocenters. The van der Waals surface area contributed by atoms with E-state index >= 15 is 0 Å². The van der Waals surface area contributed by atoms with Crippen molar-refractivity contribution >= 4 is 12.4 Å². The predicted octanol–water partition coefficient (Wildman–Crippen LogP) is 1.78. The Balaban J connectivity index is 2.31. The van der Waals surface area contributed by atoms with Gasteiger partial charge in [0.25, 0.3) is 0 Å². The highest BCUT2D eigenvalue weighted by Crippen LogP contribution is 2.15. The molecule has 0 saturated heterocycles. The number of aryl methyl sites for hydroxylation is 2. The van der Waals surface area contributed by atoms with E-state index in [1.165, 1.54) is 23.0 Å². The van der Waals surface area contributed by atoms with Gasteiger partial charge in [0.15, 0.2) is 0 Å². The summed E-state index contributed by atoms with van der Waals surface area (Å²) in [6.07, 6.45) is 5.50. The van der Waals surface area contributed by atoms with Crippen molar-refractivity contribution in [2.24, 2.45) is 0 Å². The van der Waals surface area contributed by atoms with Gasteiger partial charge < -0.3 is 5.02 Å². The molecule has 1 nitrogen and oxygen atoms in total. The van der Waals surface area contributed by atoms with Gasteiger partial charge in [0.05, 0.1) is 0 Å². The minimum Gasteiger partial charge on any atom is -0.446 e. The molecule has 0 radical (unpaired) electrons. The van der Waals surface area contributed by atoms with Gasteiger partial charge in [-0.05, 0) is 30.2 Å². The lowest BCUT2D eigenvalue weighted by Gasteiger charge is -2.19. The highest BCUT2D eigenvalue weighted by molar-refractivity contribution is 6.67. The topological polar surface area (TPSA) is 20.2 Å². The maximum atomic E-state index is 9.85. The molecule has 0 bridgehead atoms. The fraction of sp³-hybridized carbons (Fsp3) is 0.500. The molecule has 0 aliphatic carbocycles. The van der Waals surface area contributed by atoms with Crippen molar-refractivity contribution in [3.8, 4) is 0 Å². The Morgan fingerprint density at radius 1 is 1.43 bits per heavy atom. The molecule has 1 aromatic carbocycles. The maximum absolute atomic E-state index is 9.85. The first-order valence-electron chi connectivity index (χ1n) is 5.61. The molecule has 74 valence electrons. The summed E-state index contributed by atoms with van der Waals surface area (Å²) in [5.74, 6) is 0. The van der Waals surface area contributed by atoms with Crippen molar-refractivity contribution in [2.75, 3.05) is 0 Å². The van der Waals surface area contributed by atoms with Crippen molar-refractivity contribution in [3.63, 3.8) is 0 Å². The van der Waals surface area contributed by atoms with E-state index in [0.717, 1.165) is 25.6 Å². The second kappa shape index (κ2) is 4.18. The summed E-state index contributed by atoms with van der Waals surface area (Å²) < 4.78 is 0. The molecular formula is C12H17BO. The lowest BCUT2D eigenvalue weighted by molar-refractivity contribution is 0.574. The Kier molecular flexibility index (Phi) is 2.92. The maximum Gasteiger partial charge on any atom is 0.323 e. The first-order valence-corrected chi connectivity index (χ1v) is 5.61. The molecule has 1 N–H and O–H groups in total. The zero-order valence-electron chi connectivity index (χ0n) is 8.79. The van der Waals surface area contributed by atoms with E-state index in [0.29, 0.717) is 0 Å². The van der Waals surface area contributed by atoms with Gasteiger partial charge in [-0.2, -0.15) is 0 Å². The van der Waals surface area contributed by atoms with Gasteiger partial charge in [-0.25, -0.2) is 0 Å². The molecule has 14 heavy (non-hydrogen) atoms. The van der Waals surface area contributed by atoms with Crippen LogP contribution in [-0.2, 0) is 12.8 Å². The first kappa shape index (κ1) is 9.79. The molecule has 0 saturated carbocycles. The first-order chi connectivity index (χ1) is 6.81. The fourth-order valence-electron chi connectivity index (χ4n) is 2.27. The van der Waals surface area contributed by atoms with E-state index in [1.54, 1.807) is 0 Å². The standard InChI is InChI=1S/C12H17BO/c1-2-4-10-6-7-11-5-3-8-13(14)12(11)9-10/h6-7,9,14H,2-5,8H2,1H3. The average Bonchev–Trinajstić information content (AvgIpc) is 2.20. The second-order valence-corrected chi connectivity index (χ2v) is 4.19. The van der Waals surface area contributed by atoms with Crippen LogP contribution in [0.15, 0.2) is 18.2 Å². The normalized spacial score (nSPS) is 15.4. The second-order valence-electron chi connectivity index (χ2n) is 4.19. The number of benzene rings is 1. The lowest BCUT2D eigenvalue weighted by Crippen LogP contribution is -2.36.